The fourth-order valence-electron chi connectivity index (χ4n) is 3.99. The Morgan fingerprint density at radius 2 is 1.80 bits per heavy atom. The maximum Gasteiger partial charge on any atom is 0.0252 e. The van der Waals surface area contributed by atoms with Crippen molar-refractivity contribution in [2.45, 2.75) is 78.3 Å². The molecule has 3 atom stereocenters. The van der Waals surface area contributed by atoms with Gasteiger partial charge in [-0.1, -0.05) is 27.7 Å². The maximum atomic E-state index is 3.62. The molecule has 0 saturated heterocycles. The van der Waals surface area contributed by atoms with E-state index in [0.717, 1.165) is 17.9 Å². The molecule has 0 spiro atoms. The Morgan fingerprint density at radius 1 is 1.10 bits per heavy atom. The van der Waals surface area contributed by atoms with Gasteiger partial charge in [-0.3, -0.25) is 4.90 Å². The topological polar surface area (TPSA) is 15.3 Å². The maximum absolute atomic E-state index is 3.62. The second-order valence-corrected chi connectivity index (χ2v) is 8.28. The second kappa shape index (κ2) is 6.79. The van der Waals surface area contributed by atoms with Crippen LogP contribution in [0.3, 0.4) is 0 Å². The molecule has 2 saturated carbocycles. The van der Waals surface area contributed by atoms with Gasteiger partial charge in [-0.2, -0.15) is 0 Å². The zero-order valence-corrected chi connectivity index (χ0v) is 14.4. The SMILES string of the molecule is CCCN(CC1CC1)C1CC(C(C)(C)C)CCC1NC. The average molecular weight is 280 g/mol. The van der Waals surface area contributed by atoms with Crippen LogP contribution in [0.5, 0.6) is 0 Å². The van der Waals surface area contributed by atoms with E-state index >= 15 is 0 Å². The predicted molar refractivity (Wildman–Crippen MR) is 88.0 cm³/mol. The van der Waals surface area contributed by atoms with E-state index in [1.165, 1.54) is 51.6 Å². The highest BCUT2D eigenvalue weighted by atomic mass is 15.2. The minimum Gasteiger partial charge on any atom is -0.315 e. The molecule has 2 nitrogen and oxygen atoms in total. The van der Waals surface area contributed by atoms with Crippen LogP contribution in [0, 0.1) is 17.3 Å². The molecule has 2 heteroatoms. The van der Waals surface area contributed by atoms with Crippen LogP contribution in [0.25, 0.3) is 0 Å². The van der Waals surface area contributed by atoms with Crippen molar-refractivity contribution < 1.29 is 0 Å². The molecule has 0 aromatic rings. The van der Waals surface area contributed by atoms with Gasteiger partial charge in [0.1, 0.15) is 0 Å². The summed E-state index contributed by atoms with van der Waals surface area (Å²) in [6.07, 6.45) is 8.38. The lowest BCUT2D eigenvalue weighted by molar-refractivity contribution is 0.0574. The zero-order chi connectivity index (χ0) is 14.8. The van der Waals surface area contributed by atoms with Crippen molar-refractivity contribution in [1.82, 2.24) is 10.2 Å². The van der Waals surface area contributed by atoms with Crippen molar-refractivity contribution in [2.75, 3.05) is 20.1 Å². The third-order valence-electron chi connectivity index (χ3n) is 5.58. The summed E-state index contributed by atoms with van der Waals surface area (Å²) in [5.41, 5.74) is 0.467. The van der Waals surface area contributed by atoms with E-state index in [9.17, 15) is 0 Å². The van der Waals surface area contributed by atoms with E-state index in [4.69, 9.17) is 0 Å². The van der Waals surface area contributed by atoms with E-state index in [1.54, 1.807) is 0 Å². The van der Waals surface area contributed by atoms with Crippen molar-refractivity contribution in [3.63, 3.8) is 0 Å². The Labute approximate surface area is 126 Å². The molecule has 0 heterocycles. The summed E-state index contributed by atoms with van der Waals surface area (Å²) in [4.78, 5) is 2.83. The van der Waals surface area contributed by atoms with Gasteiger partial charge in [-0.15, -0.1) is 0 Å². The minimum atomic E-state index is 0.467. The average Bonchev–Trinajstić information content (AvgIpc) is 3.20. The summed E-state index contributed by atoms with van der Waals surface area (Å²) in [6, 6.07) is 1.47. The van der Waals surface area contributed by atoms with Crippen LogP contribution in [-0.4, -0.2) is 37.1 Å². The first-order valence-electron chi connectivity index (χ1n) is 8.87. The fraction of sp³-hybridized carbons (Fsp3) is 1.00. The van der Waals surface area contributed by atoms with E-state index < -0.39 is 0 Å². The van der Waals surface area contributed by atoms with Gasteiger partial charge in [-0.05, 0) is 69.4 Å². The lowest BCUT2D eigenvalue weighted by atomic mass is 9.69. The molecule has 2 rings (SSSR count). The highest BCUT2D eigenvalue weighted by molar-refractivity contribution is 4.95. The quantitative estimate of drug-likeness (QED) is 0.793. The normalized spacial score (nSPS) is 31.8. The number of rotatable bonds is 6. The van der Waals surface area contributed by atoms with Crippen molar-refractivity contribution in [3.8, 4) is 0 Å². The molecule has 1 N–H and O–H groups in total. The highest BCUT2D eigenvalue weighted by Crippen LogP contribution is 2.40. The van der Waals surface area contributed by atoms with Crippen LogP contribution in [0.1, 0.15) is 66.2 Å². The van der Waals surface area contributed by atoms with E-state index in [1.807, 2.05) is 0 Å². The summed E-state index contributed by atoms with van der Waals surface area (Å²) < 4.78 is 0. The molecule has 0 aromatic heterocycles. The molecule has 2 aliphatic rings. The van der Waals surface area contributed by atoms with Gasteiger partial charge >= 0.3 is 0 Å². The third-order valence-corrected chi connectivity index (χ3v) is 5.58. The summed E-state index contributed by atoms with van der Waals surface area (Å²) in [5.74, 6) is 1.89. The zero-order valence-electron chi connectivity index (χ0n) is 14.4. The first kappa shape index (κ1) is 16.3. The molecule has 0 amide bonds. The highest BCUT2D eigenvalue weighted by Gasteiger charge is 2.39. The molecule has 3 unspecified atom stereocenters. The molecule has 2 aliphatic carbocycles. The molecule has 0 aliphatic heterocycles. The number of hydrogen-bond donors (Lipinski definition) is 1. The number of hydrogen-bond acceptors (Lipinski definition) is 2. The summed E-state index contributed by atoms with van der Waals surface area (Å²) in [6.45, 7) is 12.3. The molecular weight excluding hydrogens is 244 g/mol. The smallest absolute Gasteiger partial charge is 0.0252 e. The largest absolute Gasteiger partial charge is 0.315 e. The van der Waals surface area contributed by atoms with Crippen LogP contribution in [0.4, 0.5) is 0 Å². The van der Waals surface area contributed by atoms with Crippen LogP contribution in [0.15, 0.2) is 0 Å². The summed E-state index contributed by atoms with van der Waals surface area (Å²) in [5, 5.41) is 3.62. The lowest BCUT2D eigenvalue weighted by Crippen LogP contribution is -2.54. The summed E-state index contributed by atoms with van der Waals surface area (Å²) in [7, 11) is 2.16. The molecular formula is C18H36N2. The monoisotopic (exact) mass is 280 g/mol. The van der Waals surface area contributed by atoms with Gasteiger partial charge in [0, 0.05) is 18.6 Å². The standard InChI is InChI=1S/C18H36N2/c1-6-11-20(13-14-7-8-14)17-12-15(18(2,3)4)9-10-16(17)19-5/h14-17,19H,6-13H2,1-5H3. The number of likely N-dealkylation sites (N-methyl/N-ethyl adjacent to an activating group) is 1. The van der Waals surface area contributed by atoms with Crippen molar-refractivity contribution in [3.05, 3.63) is 0 Å². The van der Waals surface area contributed by atoms with Gasteiger partial charge in [0.25, 0.3) is 0 Å². The fourth-order valence-corrected chi connectivity index (χ4v) is 3.99. The minimum absolute atomic E-state index is 0.467. The number of nitrogens with zero attached hydrogens (tertiary/aromatic N) is 1. The Morgan fingerprint density at radius 3 is 2.30 bits per heavy atom. The second-order valence-electron chi connectivity index (χ2n) is 8.28. The van der Waals surface area contributed by atoms with Gasteiger partial charge in [0.15, 0.2) is 0 Å². The Balaban J connectivity index is 2.04. The van der Waals surface area contributed by atoms with Crippen LogP contribution in [0.2, 0.25) is 0 Å². The van der Waals surface area contributed by atoms with Crippen LogP contribution < -0.4 is 5.32 Å². The van der Waals surface area contributed by atoms with Crippen LogP contribution >= 0.6 is 0 Å². The van der Waals surface area contributed by atoms with Gasteiger partial charge < -0.3 is 5.32 Å². The molecule has 0 aromatic carbocycles. The third kappa shape index (κ3) is 4.21. The Bertz CT molecular complexity index is 290. The van der Waals surface area contributed by atoms with Gasteiger partial charge in [-0.25, -0.2) is 0 Å². The van der Waals surface area contributed by atoms with E-state index in [2.05, 4.69) is 45.0 Å². The van der Waals surface area contributed by atoms with Crippen molar-refractivity contribution >= 4 is 0 Å². The Kier molecular flexibility index (Phi) is 5.53. The van der Waals surface area contributed by atoms with Crippen LogP contribution in [-0.2, 0) is 0 Å². The Hall–Kier alpha value is -0.0800. The number of nitrogens with one attached hydrogen (secondary N) is 1. The molecule has 0 radical (unpaired) electrons. The molecule has 0 bridgehead atoms. The molecule has 2 fully saturated rings. The van der Waals surface area contributed by atoms with E-state index in [0.29, 0.717) is 11.5 Å². The molecule has 20 heavy (non-hydrogen) atoms. The van der Waals surface area contributed by atoms with Crippen molar-refractivity contribution in [1.29, 1.82) is 0 Å². The first-order chi connectivity index (χ1) is 9.45. The van der Waals surface area contributed by atoms with Gasteiger partial charge in [0.05, 0.1) is 0 Å². The van der Waals surface area contributed by atoms with Gasteiger partial charge in [0.2, 0.25) is 0 Å². The first-order valence-corrected chi connectivity index (χ1v) is 8.87. The predicted octanol–water partition coefficient (Wildman–Crippen LogP) is 3.91. The van der Waals surface area contributed by atoms with Crippen molar-refractivity contribution in [2.24, 2.45) is 17.3 Å². The lowest BCUT2D eigenvalue weighted by Gasteiger charge is -2.46. The summed E-state index contributed by atoms with van der Waals surface area (Å²) >= 11 is 0. The van der Waals surface area contributed by atoms with E-state index in [-0.39, 0.29) is 0 Å². The molecule has 118 valence electrons.